The summed E-state index contributed by atoms with van der Waals surface area (Å²) in [4.78, 5) is 12.6. The number of carbonyl (C=O) groups is 1. The number of nitrogens with zero attached hydrogens (tertiary/aromatic N) is 3. The number of aliphatic hydroxyl groups excluding tert-OH is 1. The lowest BCUT2D eigenvalue weighted by Crippen LogP contribution is -2.14. The van der Waals surface area contributed by atoms with Gasteiger partial charge in [0.2, 0.25) is 0 Å². The number of hydrogen-bond acceptors (Lipinski definition) is 4. The number of aliphatic hydroxyl groups is 1. The average Bonchev–Trinajstić information content (AvgIpc) is 2.96. The van der Waals surface area contributed by atoms with Crippen LogP contribution in [0.3, 0.4) is 0 Å². The van der Waals surface area contributed by atoms with E-state index in [0.717, 1.165) is 22.4 Å². The first kappa shape index (κ1) is 17.8. The monoisotopic (exact) mass is 350 g/mol. The molecule has 0 aliphatic rings. The molecule has 0 saturated heterocycles. The maximum absolute atomic E-state index is 12.6. The first-order chi connectivity index (χ1) is 12.3. The molecule has 1 heterocycles. The van der Waals surface area contributed by atoms with Gasteiger partial charge < -0.3 is 10.4 Å². The molecule has 0 unspecified atom stereocenters. The summed E-state index contributed by atoms with van der Waals surface area (Å²) in [5.74, 6) is -0.333. The zero-order valence-electron chi connectivity index (χ0n) is 15.3. The first-order valence-corrected chi connectivity index (χ1v) is 8.45. The van der Waals surface area contributed by atoms with E-state index in [4.69, 9.17) is 0 Å². The first-order valence-electron chi connectivity index (χ1n) is 8.45. The van der Waals surface area contributed by atoms with E-state index in [9.17, 15) is 9.90 Å². The van der Waals surface area contributed by atoms with Crippen LogP contribution < -0.4 is 5.32 Å². The summed E-state index contributed by atoms with van der Waals surface area (Å²) in [6.07, 6.45) is -0.598. The van der Waals surface area contributed by atoms with E-state index in [-0.39, 0.29) is 11.6 Å². The number of benzene rings is 2. The molecule has 2 aromatic carbocycles. The van der Waals surface area contributed by atoms with E-state index >= 15 is 0 Å². The Bertz CT molecular complexity index is 940. The molecule has 2 N–H and O–H groups in total. The molecule has 6 heteroatoms. The summed E-state index contributed by atoms with van der Waals surface area (Å²) in [6, 6.07) is 13.2. The van der Waals surface area contributed by atoms with E-state index in [1.165, 1.54) is 0 Å². The molecule has 1 atom stereocenters. The number of hydrogen-bond donors (Lipinski definition) is 2. The van der Waals surface area contributed by atoms with Gasteiger partial charge in [-0.2, -0.15) is 0 Å². The fourth-order valence-corrected chi connectivity index (χ4v) is 2.92. The molecule has 0 spiro atoms. The van der Waals surface area contributed by atoms with E-state index in [1.807, 2.05) is 39.0 Å². The molecule has 3 rings (SSSR count). The maximum Gasteiger partial charge on any atom is 0.278 e. The Morgan fingerprint density at radius 3 is 2.46 bits per heavy atom. The Balaban J connectivity index is 1.87. The van der Waals surface area contributed by atoms with Gasteiger partial charge in [0.1, 0.15) is 0 Å². The molecular weight excluding hydrogens is 328 g/mol. The highest BCUT2D eigenvalue weighted by Gasteiger charge is 2.18. The second-order valence-electron chi connectivity index (χ2n) is 6.54. The van der Waals surface area contributed by atoms with Crippen molar-refractivity contribution in [3.63, 3.8) is 0 Å². The highest BCUT2D eigenvalue weighted by atomic mass is 16.3. The lowest BCUT2D eigenvalue weighted by atomic mass is 10.1. The predicted molar refractivity (Wildman–Crippen MR) is 101 cm³/mol. The molecule has 0 radical (unpaired) electrons. The third kappa shape index (κ3) is 3.65. The Hall–Kier alpha value is -2.99. The van der Waals surface area contributed by atoms with Gasteiger partial charge in [0.05, 0.1) is 17.5 Å². The van der Waals surface area contributed by atoms with Crippen molar-refractivity contribution in [1.29, 1.82) is 0 Å². The Labute approximate surface area is 152 Å². The summed E-state index contributed by atoms with van der Waals surface area (Å²) in [6.45, 7) is 7.54. The molecule has 1 amide bonds. The highest BCUT2D eigenvalue weighted by molar-refractivity contribution is 6.03. The number of nitrogens with one attached hydrogen (secondary N) is 1. The second kappa shape index (κ2) is 7.09. The highest BCUT2D eigenvalue weighted by Crippen LogP contribution is 2.19. The van der Waals surface area contributed by atoms with Gasteiger partial charge in [0.15, 0.2) is 5.69 Å². The van der Waals surface area contributed by atoms with Crippen LogP contribution in [-0.4, -0.2) is 26.0 Å². The molecule has 0 bridgehead atoms. The Morgan fingerprint density at radius 1 is 1.12 bits per heavy atom. The number of amides is 1. The average molecular weight is 350 g/mol. The standard InChI is InChI=1S/C20H22N4O2/c1-12-8-13(2)10-18(9-12)24-14(3)19(22-23-24)20(26)21-17-7-5-6-16(11-17)15(4)25/h5-11,15,25H,1-4H3,(H,21,26)/t15-/m0/s1. The quantitative estimate of drug-likeness (QED) is 0.755. The van der Waals surface area contributed by atoms with E-state index < -0.39 is 6.10 Å². The summed E-state index contributed by atoms with van der Waals surface area (Å²) in [5, 5.41) is 20.7. The van der Waals surface area contributed by atoms with E-state index in [0.29, 0.717) is 11.4 Å². The van der Waals surface area contributed by atoms with Crippen molar-refractivity contribution in [2.24, 2.45) is 0 Å². The van der Waals surface area contributed by atoms with Crippen LogP contribution in [0.4, 0.5) is 5.69 Å². The van der Waals surface area contributed by atoms with Crippen LogP contribution in [0.25, 0.3) is 5.69 Å². The summed E-state index contributed by atoms with van der Waals surface area (Å²) in [7, 11) is 0. The largest absolute Gasteiger partial charge is 0.389 e. The van der Waals surface area contributed by atoms with Gasteiger partial charge in [-0.05, 0) is 68.7 Å². The van der Waals surface area contributed by atoms with Crippen molar-refractivity contribution in [3.05, 3.63) is 70.5 Å². The molecule has 26 heavy (non-hydrogen) atoms. The van der Waals surface area contributed by atoms with Crippen LogP contribution in [0.5, 0.6) is 0 Å². The van der Waals surface area contributed by atoms with Crippen molar-refractivity contribution in [1.82, 2.24) is 15.0 Å². The van der Waals surface area contributed by atoms with Gasteiger partial charge in [0, 0.05) is 5.69 Å². The van der Waals surface area contributed by atoms with Gasteiger partial charge in [-0.25, -0.2) is 4.68 Å². The minimum Gasteiger partial charge on any atom is -0.389 e. The van der Waals surface area contributed by atoms with Gasteiger partial charge >= 0.3 is 0 Å². The fraction of sp³-hybridized carbons (Fsp3) is 0.250. The number of aromatic nitrogens is 3. The van der Waals surface area contributed by atoms with E-state index in [2.05, 4.69) is 21.7 Å². The summed E-state index contributed by atoms with van der Waals surface area (Å²) in [5.41, 5.74) is 5.40. The summed E-state index contributed by atoms with van der Waals surface area (Å²) >= 11 is 0. The van der Waals surface area contributed by atoms with Gasteiger partial charge in [-0.1, -0.05) is 23.4 Å². The van der Waals surface area contributed by atoms with Crippen LogP contribution in [-0.2, 0) is 0 Å². The molecular formula is C20H22N4O2. The summed E-state index contributed by atoms with van der Waals surface area (Å²) < 4.78 is 1.67. The van der Waals surface area contributed by atoms with Crippen molar-refractivity contribution >= 4 is 11.6 Å². The van der Waals surface area contributed by atoms with Crippen LogP contribution in [0.15, 0.2) is 42.5 Å². The number of carbonyl (C=O) groups excluding carboxylic acids is 1. The molecule has 134 valence electrons. The fourth-order valence-electron chi connectivity index (χ4n) is 2.92. The topological polar surface area (TPSA) is 80.0 Å². The normalized spacial score (nSPS) is 12.0. The van der Waals surface area contributed by atoms with Crippen LogP contribution in [0, 0.1) is 20.8 Å². The lowest BCUT2D eigenvalue weighted by Gasteiger charge is -2.09. The van der Waals surface area contributed by atoms with Crippen LogP contribution in [0.2, 0.25) is 0 Å². The van der Waals surface area contributed by atoms with E-state index in [1.54, 1.807) is 29.8 Å². The minimum atomic E-state index is -0.598. The third-order valence-corrected chi connectivity index (χ3v) is 4.19. The van der Waals surface area contributed by atoms with Crippen molar-refractivity contribution in [2.45, 2.75) is 33.8 Å². The molecule has 0 aliphatic carbocycles. The molecule has 0 aliphatic heterocycles. The Kier molecular flexibility index (Phi) is 4.86. The van der Waals surface area contributed by atoms with Gasteiger partial charge in [0.25, 0.3) is 5.91 Å². The lowest BCUT2D eigenvalue weighted by molar-refractivity contribution is 0.102. The number of aryl methyl sites for hydroxylation is 2. The second-order valence-corrected chi connectivity index (χ2v) is 6.54. The number of anilines is 1. The van der Waals surface area contributed by atoms with Crippen molar-refractivity contribution in [2.75, 3.05) is 5.32 Å². The molecule has 0 fully saturated rings. The Morgan fingerprint density at radius 2 is 1.81 bits per heavy atom. The van der Waals surface area contributed by atoms with Gasteiger partial charge in [-0.15, -0.1) is 5.10 Å². The smallest absolute Gasteiger partial charge is 0.278 e. The molecule has 6 nitrogen and oxygen atoms in total. The van der Waals surface area contributed by atoms with Crippen LogP contribution >= 0.6 is 0 Å². The maximum atomic E-state index is 12.6. The SMILES string of the molecule is Cc1cc(C)cc(-n2nnc(C(=O)Nc3cccc([C@H](C)O)c3)c2C)c1. The molecule has 3 aromatic rings. The molecule has 0 saturated carbocycles. The third-order valence-electron chi connectivity index (χ3n) is 4.19. The minimum absolute atomic E-state index is 0.270. The van der Waals surface area contributed by atoms with Gasteiger partial charge in [-0.3, -0.25) is 4.79 Å². The van der Waals surface area contributed by atoms with Crippen molar-refractivity contribution < 1.29 is 9.90 Å². The zero-order valence-corrected chi connectivity index (χ0v) is 15.3. The predicted octanol–water partition coefficient (Wildman–Crippen LogP) is 3.50. The zero-order chi connectivity index (χ0) is 18.8. The van der Waals surface area contributed by atoms with Crippen molar-refractivity contribution in [3.8, 4) is 5.69 Å². The molecule has 1 aromatic heterocycles. The van der Waals surface area contributed by atoms with Crippen LogP contribution in [0.1, 0.15) is 45.9 Å². The number of rotatable bonds is 4.